The molecule has 2 heterocycles. The fourth-order valence-corrected chi connectivity index (χ4v) is 5.43. The molecule has 2 aliphatic rings. The van der Waals surface area contributed by atoms with E-state index >= 15 is 0 Å². The molecule has 0 saturated carbocycles. The second kappa shape index (κ2) is 9.01. The van der Waals surface area contributed by atoms with Gasteiger partial charge in [-0.3, -0.25) is 0 Å². The number of aryl methyl sites for hydroxylation is 2. The number of nitrogens with zero attached hydrogens (tertiary/aromatic N) is 2. The third kappa shape index (κ3) is 4.46. The summed E-state index contributed by atoms with van der Waals surface area (Å²) in [5, 5.41) is 0. The summed E-state index contributed by atoms with van der Waals surface area (Å²) in [6.07, 6.45) is 0. The second-order valence-electron chi connectivity index (χ2n) is 9.88. The van der Waals surface area contributed by atoms with Crippen LogP contribution >= 0.6 is 0 Å². The molecule has 2 aliphatic heterocycles. The number of hydrogen-bond acceptors (Lipinski definition) is 4. The van der Waals surface area contributed by atoms with Crippen molar-refractivity contribution in [1.29, 1.82) is 0 Å². The monoisotopic (exact) mass is 480 g/mol. The molecule has 0 saturated heterocycles. The van der Waals surface area contributed by atoms with Crippen LogP contribution in [-0.2, 0) is 13.1 Å². The highest BCUT2D eigenvalue weighted by atomic mass is 15.4. The summed E-state index contributed by atoms with van der Waals surface area (Å²) in [7, 11) is 0. The average molecular weight is 481 g/mol. The van der Waals surface area contributed by atoms with Gasteiger partial charge in [0.05, 0.1) is 6.67 Å². The maximum absolute atomic E-state index is 5.80. The smallest absolute Gasteiger partial charge is 0.0910 e. The van der Waals surface area contributed by atoms with E-state index in [0.717, 1.165) is 53.4 Å². The molecule has 0 spiro atoms. The maximum Gasteiger partial charge on any atom is 0.0910 e. The highest BCUT2D eigenvalue weighted by Gasteiger charge is 2.31. The van der Waals surface area contributed by atoms with Crippen molar-refractivity contribution in [1.82, 2.24) is 0 Å². The van der Waals surface area contributed by atoms with Crippen molar-refractivity contribution < 1.29 is 0 Å². The largest absolute Gasteiger partial charge is 0.399 e. The van der Waals surface area contributed by atoms with Gasteiger partial charge in [-0.05, 0) is 109 Å². The van der Waals surface area contributed by atoms with Crippen LogP contribution in [0.2, 0.25) is 0 Å². The van der Waals surface area contributed by atoms with E-state index in [0.29, 0.717) is 0 Å². The van der Waals surface area contributed by atoms with Gasteiger partial charge in [0.1, 0.15) is 0 Å². The number of benzene rings is 4. The number of nitrogen functional groups attached to an aromatic ring is 2. The van der Waals surface area contributed by atoms with E-state index in [2.05, 4.69) is 71.6 Å². The van der Waals surface area contributed by atoms with E-state index in [9.17, 15) is 0 Å². The first-order valence-corrected chi connectivity index (χ1v) is 12.4. The minimum Gasteiger partial charge on any atom is -0.399 e. The van der Waals surface area contributed by atoms with Crippen molar-refractivity contribution in [3.63, 3.8) is 0 Å². The summed E-state index contributed by atoms with van der Waals surface area (Å²) < 4.78 is 0. The lowest BCUT2D eigenvalue weighted by molar-refractivity contribution is 0.646. The van der Waals surface area contributed by atoms with Gasteiger partial charge in [-0.1, -0.05) is 23.7 Å². The second-order valence-corrected chi connectivity index (χ2v) is 9.88. The SMILES string of the molecule is Cc1cc(C#Cc2ccc(N)cc2)cc2c1N1Cc3cc(C#Cc4ccc(N)cc4)cc(C)c3N(C2)C1. The Morgan fingerprint density at radius 1 is 0.541 bits per heavy atom. The van der Waals surface area contributed by atoms with Gasteiger partial charge in [-0.25, -0.2) is 0 Å². The van der Waals surface area contributed by atoms with E-state index < -0.39 is 0 Å². The van der Waals surface area contributed by atoms with Crippen molar-refractivity contribution >= 4 is 22.7 Å². The molecule has 6 rings (SSSR count). The predicted octanol–water partition coefficient (Wildman–Crippen LogP) is 5.57. The lowest BCUT2D eigenvalue weighted by atomic mass is 9.94. The molecule has 4 aromatic carbocycles. The minimum absolute atomic E-state index is 0.751. The Balaban J connectivity index is 1.31. The molecule has 0 radical (unpaired) electrons. The molecule has 180 valence electrons. The molecule has 0 aliphatic carbocycles. The molecule has 4 heteroatoms. The van der Waals surface area contributed by atoms with Crippen molar-refractivity contribution in [2.24, 2.45) is 0 Å². The lowest BCUT2D eigenvalue weighted by Gasteiger charge is -2.46. The molecule has 0 aromatic heterocycles. The molecule has 4 N–H and O–H groups in total. The summed E-state index contributed by atoms with van der Waals surface area (Å²) in [6, 6.07) is 24.3. The van der Waals surface area contributed by atoms with E-state index in [1.807, 2.05) is 48.5 Å². The predicted molar refractivity (Wildman–Crippen MR) is 153 cm³/mol. The van der Waals surface area contributed by atoms with E-state index in [4.69, 9.17) is 11.5 Å². The fraction of sp³-hybridized carbons (Fsp3) is 0.152. The van der Waals surface area contributed by atoms with E-state index in [1.54, 1.807) is 0 Å². The first-order valence-electron chi connectivity index (χ1n) is 12.4. The summed E-state index contributed by atoms with van der Waals surface area (Å²) >= 11 is 0. The molecular weight excluding hydrogens is 452 g/mol. The molecule has 4 nitrogen and oxygen atoms in total. The van der Waals surface area contributed by atoms with Gasteiger partial charge in [0, 0.05) is 58.1 Å². The Bertz CT molecular complexity index is 1520. The van der Waals surface area contributed by atoms with Crippen LogP contribution in [0.4, 0.5) is 22.7 Å². The van der Waals surface area contributed by atoms with Gasteiger partial charge in [0.15, 0.2) is 0 Å². The maximum atomic E-state index is 5.80. The average Bonchev–Trinajstić information content (AvgIpc) is 2.87. The van der Waals surface area contributed by atoms with Gasteiger partial charge in [-0.2, -0.15) is 0 Å². The van der Waals surface area contributed by atoms with Crippen molar-refractivity contribution in [3.8, 4) is 23.7 Å². The molecule has 0 atom stereocenters. The third-order valence-corrected chi connectivity index (χ3v) is 6.98. The molecule has 2 bridgehead atoms. The first-order chi connectivity index (χ1) is 17.9. The molecule has 4 aromatic rings. The van der Waals surface area contributed by atoms with Crippen molar-refractivity contribution in [2.45, 2.75) is 26.9 Å². The zero-order valence-corrected chi connectivity index (χ0v) is 21.1. The van der Waals surface area contributed by atoms with Crippen LogP contribution < -0.4 is 21.3 Å². The van der Waals surface area contributed by atoms with Gasteiger partial charge >= 0.3 is 0 Å². The van der Waals surface area contributed by atoms with Crippen LogP contribution in [0.3, 0.4) is 0 Å². The van der Waals surface area contributed by atoms with Gasteiger partial charge in [0.2, 0.25) is 0 Å². The van der Waals surface area contributed by atoms with Crippen LogP contribution in [0.25, 0.3) is 0 Å². The standard InChI is InChI=1S/C33H28N4/c1-22-15-26(5-3-24-7-11-30(34)12-8-24)17-28-19-37-21-36(32(22)28)20-29-18-27(16-23(2)33(29)37)6-4-25-9-13-31(35)14-10-25/h7-18H,19-21,34-35H2,1-2H3. The molecule has 0 amide bonds. The molecule has 37 heavy (non-hydrogen) atoms. The quantitative estimate of drug-likeness (QED) is 0.255. The molecule has 0 fully saturated rings. The van der Waals surface area contributed by atoms with Crippen LogP contribution in [0.1, 0.15) is 44.5 Å². The normalized spacial score (nSPS) is 13.0. The number of hydrogen-bond donors (Lipinski definition) is 2. The number of anilines is 4. The van der Waals surface area contributed by atoms with Gasteiger partial charge in [-0.15, -0.1) is 0 Å². The third-order valence-electron chi connectivity index (χ3n) is 6.98. The fourth-order valence-electron chi connectivity index (χ4n) is 5.43. The Labute approximate surface area is 218 Å². The van der Waals surface area contributed by atoms with Gasteiger partial charge < -0.3 is 21.3 Å². The van der Waals surface area contributed by atoms with Crippen molar-refractivity contribution in [3.05, 3.63) is 117 Å². The van der Waals surface area contributed by atoms with Crippen LogP contribution in [0, 0.1) is 37.5 Å². The number of fused-ring (bicyclic) bond motifs is 6. The van der Waals surface area contributed by atoms with Gasteiger partial charge in [0.25, 0.3) is 0 Å². The summed E-state index contributed by atoms with van der Waals surface area (Å²) in [4.78, 5) is 4.95. The van der Waals surface area contributed by atoms with Crippen LogP contribution in [-0.4, -0.2) is 6.67 Å². The highest BCUT2D eigenvalue weighted by molar-refractivity contribution is 5.74. The Morgan fingerprint density at radius 2 is 0.919 bits per heavy atom. The minimum atomic E-state index is 0.751. The molecule has 0 unspecified atom stereocenters. The van der Waals surface area contributed by atoms with Crippen LogP contribution in [0.5, 0.6) is 0 Å². The lowest BCUT2D eigenvalue weighted by Crippen LogP contribution is -2.46. The highest BCUT2D eigenvalue weighted by Crippen LogP contribution is 2.41. The van der Waals surface area contributed by atoms with Crippen LogP contribution in [0.15, 0.2) is 72.8 Å². The zero-order valence-electron chi connectivity index (χ0n) is 21.1. The summed E-state index contributed by atoms with van der Waals surface area (Å²) in [6.45, 7) is 7.02. The number of nitrogens with two attached hydrogens (primary N) is 2. The Morgan fingerprint density at radius 3 is 1.32 bits per heavy atom. The Hall–Kier alpha value is -4.80. The van der Waals surface area contributed by atoms with Crippen molar-refractivity contribution in [2.75, 3.05) is 27.9 Å². The summed E-state index contributed by atoms with van der Waals surface area (Å²) in [5.41, 5.74) is 25.0. The topological polar surface area (TPSA) is 58.5 Å². The zero-order chi connectivity index (χ0) is 25.5. The Kier molecular flexibility index (Phi) is 5.52. The summed E-state index contributed by atoms with van der Waals surface area (Å²) in [5.74, 6) is 13.3. The number of rotatable bonds is 0. The first kappa shape index (κ1) is 22.7. The van der Waals surface area contributed by atoms with E-state index in [1.165, 1.54) is 33.6 Å². The van der Waals surface area contributed by atoms with E-state index in [-0.39, 0.29) is 0 Å². The molecular formula is C33H28N4.